The maximum atomic E-state index is 12.9. The van der Waals surface area contributed by atoms with Crippen LogP contribution in [0, 0.1) is 0 Å². The standard InChI is InChI=1S/C19H20N4O7S/c1-12(24)20-16-11-14(31(27,28)13-7-5-4-6-8-13)9-10-15(16)21-17(22-18(25)29-2)23-19(26)30-3/h4-11H,1-3H3,(H,20,24)(H2,21,22,23,25,26). The SMILES string of the molecule is COC(=O)NC(=Nc1ccc(S(=O)(=O)c2ccccc2)cc1NC(C)=O)NC(=O)OC. The summed E-state index contributed by atoms with van der Waals surface area (Å²) >= 11 is 0. The molecule has 3 amide bonds. The van der Waals surface area contributed by atoms with Gasteiger partial charge in [0.2, 0.25) is 21.7 Å². The summed E-state index contributed by atoms with van der Waals surface area (Å²) in [4.78, 5) is 38.7. The highest BCUT2D eigenvalue weighted by Crippen LogP contribution is 2.31. The van der Waals surface area contributed by atoms with Gasteiger partial charge in [-0.05, 0) is 30.3 Å². The molecule has 0 aromatic heterocycles. The average Bonchev–Trinajstić information content (AvgIpc) is 2.74. The zero-order valence-corrected chi connectivity index (χ0v) is 17.6. The summed E-state index contributed by atoms with van der Waals surface area (Å²) in [6.07, 6.45) is -1.86. The molecule has 0 heterocycles. The summed E-state index contributed by atoms with van der Waals surface area (Å²) < 4.78 is 34.7. The highest BCUT2D eigenvalue weighted by molar-refractivity contribution is 7.91. The monoisotopic (exact) mass is 448 g/mol. The van der Waals surface area contributed by atoms with Crippen LogP contribution in [0.4, 0.5) is 21.0 Å². The molecule has 2 aromatic rings. The van der Waals surface area contributed by atoms with Gasteiger partial charge in [0.05, 0.1) is 35.4 Å². The Balaban J connectivity index is 2.55. The predicted molar refractivity (Wildman–Crippen MR) is 111 cm³/mol. The lowest BCUT2D eigenvalue weighted by atomic mass is 10.2. The number of aliphatic imine (C=N–C) groups is 1. The summed E-state index contributed by atoms with van der Waals surface area (Å²) in [5.74, 6) is -0.863. The zero-order chi connectivity index (χ0) is 23.0. The number of amides is 3. The Bertz CT molecular complexity index is 1100. The van der Waals surface area contributed by atoms with Gasteiger partial charge in [0.15, 0.2) is 0 Å². The molecule has 2 aromatic carbocycles. The molecule has 0 bridgehead atoms. The number of sulfone groups is 1. The third kappa shape index (κ3) is 6.27. The first-order valence-corrected chi connectivity index (χ1v) is 10.2. The van der Waals surface area contributed by atoms with Gasteiger partial charge < -0.3 is 14.8 Å². The van der Waals surface area contributed by atoms with Crippen molar-refractivity contribution >= 4 is 45.3 Å². The Morgan fingerprint density at radius 2 is 1.45 bits per heavy atom. The van der Waals surface area contributed by atoms with Crippen molar-refractivity contribution in [1.82, 2.24) is 10.6 Å². The van der Waals surface area contributed by atoms with Crippen LogP contribution in [0.2, 0.25) is 0 Å². The van der Waals surface area contributed by atoms with Gasteiger partial charge >= 0.3 is 12.2 Å². The van der Waals surface area contributed by atoms with Crippen LogP contribution in [0.3, 0.4) is 0 Å². The normalized spacial score (nSPS) is 10.4. The number of carbonyl (C=O) groups excluding carboxylic acids is 3. The van der Waals surface area contributed by atoms with Crippen LogP contribution in [0.5, 0.6) is 0 Å². The topological polar surface area (TPSA) is 152 Å². The summed E-state index contributed by atoms with van der Waals surface area (Å²) in [6, 6.07) is 11.5. The maximum absolute atomic E-state index is 12.9. The first-order chi connectivity index (χ1) is 14.7. The second-order valence-corrected chi connectivity index (χ2v) is 7.82. The second-order valence-electron chi connectivity index (χ2n) is 5.87. The number of nitrogens with zero attached hydrogens (tertiary/aromatic N) is 1. The van der Waals surface area contributed by atoms with E-state index >= 15 is 0 Å². The quantitative estimate of drug-likeness (QED) is 0.479. The van der Waals surface area contributed by atoms with Crippen LogP contribution < -0.4 is 16.0 Å². The fourth-order valence-corrected chi connectivity index (χ4v) is 3.62. The van der Waals surface area contributed by atoms with E-state index in [-0.39, 0.29) is 27.1 Å². The van der Waals surface area contributed by atoms with Gasteiger partial charge in [0.25, 0.3) is 0 Å². The minimum Gasteiger partial charge on any atom is -0.453 e. The number of hydrogen-bond donors (Lipinski definition) is 3. The third-order valence-corrected chi connectivity index (χ3v) is 5.45. The summed E-state index contributed by atoms with van der Waals surface area (Å²) in [5, 5.41) is 6.83. The van der Waals surface area contributed by atoms with E-state index in [1.54, 1.807) is 18.2 Å². The molecule has 0 saturated carbocycles. The molecule has 0 aliphatic heterocycles. The molecule has 164 valence electrons. The van der Waals surface area contributed by atoms with Gasteiger partial charge in [-0.15, -0.1) is 0 Å². The average molecular weight is 448 g/mol. The Kier molecular flexibility index (Phi) is 7.69. The Morgan fingerprint density at radius 1 is 0.871 bits per heavy atom. The number of benzene rings is 2. The van der Waals surface area contributed by atoms with Crippen molar-refractivity contribution in [3.63, 3.8) is 0 Å². The third-order valence-electron chi connectivity index (χ3n) is 3.69. The van der Waals surface area contributed by atoms with Gasteiger partial charge in [0, 0.05) is 6.92 Å². The fraction of sp³-hybridized carbons (Fsp3) is 0.158. The predicted octanol–water partition coefficient (Wildman–Crippen LogP) is 2.18. The molecule has 11 nitrogen and oxygen atoms in total. The fourth-order valence-electron chi connectivity index (χ4n) is 2.31. The molecular formula is C19H20N4O7S. The van der Waals surface area contributed by atoms with Crippen LogP contribution in [-0.2, 0) is 24.1 Å². The van der Waals surface area contributed by atoms with Crippen LogP contribution >= 0.6 is 0 Å². The lowest BCUT2D eigenvalue weighted by Gasteiger charge is -2.13. The van der Waals surface area contributed by atoms with Gasteiger partial charge in [-0.2, -0.15) is 0 Å². The van der Waals surface area contributed by atoms with Crippen molar-refractivity contribution in [2.75, 3.05) is 19.5 Å². The number of ether oxygens (including phenoxy) is 2. The van der Waals surface area contributed by atoms with Crippen molar-refractivity contribution in [1.29, 1.82) is 0 Å². The van der Waals surface area contributed by atoms with E-state index < -0.39 is 27.9 Å². The number of hydrogen-bond acceptors (Lipinski definition) is 8. The number of anilines is 1. The van der Waals surface area contributed by atoms with Crippen LogP contribution in [0.15, 0.2) is 63.3 Å². The first-order valence-electron chi connectivity index (χ1n) is 8.67. The molecule has 0 atom stereocenters. The summed E-state index contributed by atoms with van der Waals surface area (Å²) in [6.45, 7) is 1.23. The Morgan fingerprint density at radius 3 is 1.97 bits per heavy atom. The van der Waals surface area contributed by atoms with Crippen molar-refractivity contribution in [3.8, 4) is 0 Å². The summed E-state index contributed by atoms with van der Waals surface area (Å²) in [5.41, 5.74) is 0.0744. The highest BCUT2D eigenvalue weighted by Gasteiger charge is 2.20. The van der Waals surface area contributed by atoms with Crippen molar-refractivity contribution in [3.05, 3.63) is 48.5 Å². The maximum Gasteiger partial charge on any atom is 0.413 e. The van der Waals surface area contributed by atoms with Crippen molar-refractivity contribution in [2.24, 2.45) is 4.99 Å². The number of alkyl carbamates (subject to hydrolysis) is 2. The molecule has 0 aliphatic rings. The molecule has 0 saturated heterocycles. The molecule has 0 aliphatic carbocycles. The van der Waals surface area contributed by atoms with E-state index in [9.17, 15) is 22.8 Å². The van der Waals surface area contributed by atoms with Crippen LogP contribution in [-0.4, -0.2) is 46.7 Å². The lowest BCUT2D eigenvalue weighted by Crippen LogP contribution is -2.43. The molecule has 0 radical (unpaired) electrons. The van der Waals surface area contributed by atoms with Crippen molar-refractivity contribution in [2.45, 2.75) is 16.7 Å². The van der Waals surface area contributed by atoms with E-state index in [1.165, 1.54) is 37.3 Å². The molecular weight excluding hydrogens is 428 g/mol. The number of methoxy groups -OCH3 is 2. The van der Waals surface area contributed by atoms with Crippen molar-refractivity contribution < 1.29 is 32.3 Å². The second kappa shape index (κ2) is 10.2. The highest BCUT2D eigenvalue weighted by atomic mass is 32.2. The van der Waals surface area contributed by atoms with E-state index in [1.807, 2.05) is 0 Å². The van der Waals surface area contributed by atoms with Gasteiger partial charge in [-0.1, -0.05) is 18.2 Å². The van der Waals surface area contributed by atoms with E-state index in [0.717, 1.165) is 14.2 Å². The smallest absolute Gasteiger partial charge is 0.413 e. The number of guanidine groups is 1. The summed E-state index contributed by atoms with van der Waals surface area (Å²) in [7, 11) is -1.65. The van der Waals surface area contributed by atoms with E-state index in [2.05, 4.69) is 30.4 Å². The number of nitrogens with one attached hydrogen (secondary N) is 3. The molecule has 31 heavy (non-hydrogen) atoms. The lowest BCUT2D eigenvalue weighted by molar-refractivity contribution is -0.114. The minimum absolute atomic E-state index is 0.0281. The molecule has 2 rings (SSSR count). The molecule has 3 N–H and O–H groups in total. The molecule has 0 spiro atoms. The van der Waals surface area contributed by atoms with E-state index in [0.29, 0.717) is 0 Å². The first kappa shape index (κ1) is 23.3. The molecule has 0 unspecified atom stereocenters. The molecule has 0 fully saturated rings. The Hall–Kier alpha value is -3.93. The van der Waals surface area contributed by atoms with Crippen LogP contribution in [0.25, 0.3) is 0 Å². The molecule has 12 heteroatoms. The van der Waals surface area contributed by atoms with E-state index in [4.69, 9.17) is 0 Å². The van der Waals surface area contributed by atoms with Gasteiger partial charge in [-0.3, -0.25) is 15.4 Å². The van der Waals surface area contributed by atoms with Gasteiger partial charge in [-0.25, -0.2) is 23.0 Å². The Labute approximate surface area is 178 Å². The number of carbonyl (C=O) groups is 3. The largest absolute Gasteiger partial charge is 0.453 e. The minimum atomic E-state index is -3.87. The van der Waals surface area contributed by atoms with Crippen LogP contribution in [0.1, 0.15) is 6.92 Å². The van der Waals surface area contributed by atoms with Gasteiger partial charge in [0.1, 0.15) is 0 Å². The zero-order valence-electron chi connectivity index (χ0n) is 16.8. The number of rotatable bonds is 4.